The smallest absolute Gasteiger partial charge is 0.325 e. The zero-order chi connectivity index (χ0) is 38.0. The van der Waals surface area contributed by atoms with Gasteiger partial charge >= 0.3 is 11.9 Å². The average molecular weight is 705 g/mol. The topological polar surface area (TPSA) is 190 Å². The number of nitrogens with one attached hydrogen (secondary N) is 4. The largest absolute Gasteiger partial charge is 0.480 e. The summed E-state index contributed by atoms with van der Waals surface area (Å²) >= 11 is 0. The van der Waals surface area contributed by atoms with Crippen LogP contribution in [-0.4, -0.2) is 66.0 Å². The Morgan fingerprint density at radius 2 is 1.19 bits per heavy atom. The van der Waals surface area contributed by atoms with Gasteiger partial charge in [-0.2, -0.15) is 0 Å². The zero-order valence-electron chi connectivity index (χ0n) is 30.3. The quantitative estimate of drug-likeness (QED) is 0.123. The summed E-state index contributed by atoms with van der Waals surface area (Å²) in [6, 6.07) is 5.76. The summed E-state index contributed by atoms with van der Waals surface area (Å²) in [6.07, 6.45) is 4.27. The Hall–Kier alpha value is -6.04. The van der Waals surface area contributed by atoms with Crippen molar-refractivity contribution in [3.05, 3.63) is 88.5 Å². The Morgan fingerprint density at radius 3 is 1.79 bits per heavy atom. The maximum atomic E-state index is 12.8. The molecule has 3 aromatic heterocycles. The number of carboxylic acid groups (broad SMARTS) is 2. The van der Waals surface area contributed by atoms with Crippen LogP contribution in [-0.2, 0) is 25.6 Å². The van der Waals surface area contributed by atoms with Crippen LogP contribution in [0.4, 0.5) is 0 Å². The van der Waals surface area contributed by atoms with Gasteiger partial charge in [-0.05, 0) is 112 Å². The van der Waals surface area contributed by atoms with Crippen molar-refractivity contribution < 1.29 is 29.4 Å². The molecule has 0 unspecified atom stereocenters. The summed E-state index contributed by atoms with van der Waals surface area (Å²) in [5, 5.41) is 23.6. The van der Waals surface area contributed by atoms with Crippen molar-refractivity contribution in [1.29, 1.82) is 0 Å². The molecule has 2 aliphatic heterocycles. The standard InChI is InChI=1S/C40H44N6O6/c1-9-25-19(3)29-15-30-21(5)27(11-13-37(47)41-23(7)39(49)50)35(45-30)18-36-28(12-14-38(48)42-24(8)40(51)52)22(6)32(46-36)17-34-26(10-2)20(4)31(44-34)16-33(25)43-29/h9-10,15-18,23-24,43,46H,1-2,11-14H2,3-8H3,(H,41,47)(H,42,48)(H,49,50)(H,51,52)/t23-,24-/m0/s1. The number of aromatic amines is 2. The van der Waals surface area contributed by atoms with E-state index < -0.39 is 35.8 Å². The highest BCUT2D eigenvalue weighted by Crippen LogP contribution is 2.36. The number of aliphatic carboxylic acids is 2. The number of carbonyl (C=O) groups is 4. The second-order valence-electron chi connectivity index (χ2n) is 13.2. The monoisotopic (exact) mass is 704 g/mol. The van der Waals surface area contributed by atoms with E-state index in [1.165, 1.54) is 13.8 Å². The number of aromatic nitrogens is 4. The lowest BCUT2D eigenvalue weighted by Gasteiger charge is -2.10. The van der Waals surface area contributed by atoms with Gasteiger partial charge in [-0.3, -0.25) is 19.2 Å². The molecule has 0 aliphatic carbocycles. The van der Waals surface area contributed by atoms with Crippen molar-refractivity contribution in [2.75, 3.05) is 0 Å². The molecule has 0 radical (unpaired) electrons. The van der Waals surface area contributed by atoms with Gasteiger partial charge in [0.1, 0.15) is 12.1 Å². The third-order valence-corrected chi connectivity index (χ3v) is 9.74. The predicted octanol–water partition coefficient (Wildman–Crippen LogP) is 6.51. The molecule has 2 atom stereocenters. The van der Waals surface area contributed by atoms with Crippen molar-refractivity contribution in [1.82, 2.24) is 30.6 Å². The van der Waals surface area contributed by atoms with Crippen LogP contribution < -0.4 is 10.6 Å². The molecule has 3 aromatic rings. The number of amides is 2. The fourth-order valence-electron chi connectivity index (χ4n) is 6.53. The van der Waals surface area contributed by atoms with Crippen LogP contribution in [0.3, 0.4) is 0 Å². The van der Waals surface area contributed by atoms with E-state index in [0.717, 1.165) is 66.8 Å². The fraction of sp³-hybridized carbons (Fsp3) is 0.300. The minimum absolute atomic E-state index is 0.0394. The number of carboxylic acids is 2. The molecule has 0 fully saturated rings. The van der Waals surface area contributed by atoms with Gasteiger partial charge in [-0.25, -0.2) is 9.97 Å². The molecule has 5 rings (SSSR count). The van der Waals surface area contributed by atoms with Crippen molar-refractivity contribution in [3.63, 3.8) is 0 Å². The molecule has 52 heavy (non-hydrogen) atoms. The van der Waals surface area contributed by atoms with Crippen LogP contribution in [0.15, 0.2) is 43.5 Å². The number of rotatable bonds is 12. The van der Waals surface area contributed by atoms with E-state index in [4.69, 9.17) is 9.97 Å². The molecule has 0 spiro atoms. The summed E-state index contributed by atoms with van der Waals surface area (Å²) in [5.74, 6) is -3.04. The highest BCUT2D eigenvalue weighted by molar-refractivity contribution is 5.98. The maximum Gasteiger partial charge on any atom is 0.325 e. The van der Waals surface area contributed by atoms with Gasteiger partial charge in [0.25, 0.3) is 0 Å². The molecule has 2 amide bonds. The molecule has 0 saturated heterocycles. The van der Waals surface area contributed by atoms with Gasteiger partial charge < -0.3 is 30.8 Å². The van der Waals surface area contributed by atoms with Gasteiger partial charge in [0.15, 0.2) is 0 Å². The number of nitrogens with zero attached hydrogens (tertiary/aromatic N) is 2. The summed E-state index contributed by atoms with van der Waals surface area (Å²) in [7, 11) is 0. The lowest BCUT2D eigenvalue weighted by atomic mass is 10.00. The Kier molecular flexibility index (Phi) is 10.8. The summed E-state index contributed by atoms with van der Waals surface area (Å²) in [5.41, 5.74) is 13.1. The van der Waals surface area contributed by atoms with Gasteiger partial charge in [-0.15, -0.1) is 0 Å². The molecule has 6 N–H and O–H groups in total. The first kappa shape index (κ1) is 37.2. The second-order valence-corrected chi connectivity index (χ2v) is 13.2. The Balaban J connectivity index is 1.77. The first-order valence-electron chi connectivity index (χ1n) is 17.1. The van der Waals surface area contributed by atoms with E-state index in [9.17, 15) is 29.4 Å². The fourth-order valence-corrected chi connectivity index (χ4v) is 6.53. The van der Waals surface area contributed by atoms with Gasteiger partial charge in [0, 0.05) is 46.0 Å². The molecule has 0 aromatic carbocycles. The predicted molar refractivity (Wildman–Crippen MR) is 204 cm³/mol. The number of aryl methyl sites for hydroxylation is 3. The van der Waals surface area contributed by atoms with Crippen LogP contribution in [0.5, 0.6) is 0 Å². The van der Waals surface area contributed by atoms with Crippen LogP contribution in [0.1, 0.15) is 92.0 Å². The second kappa shape index (κ2) is 15.1. The molecule has 5 heterocycles. The van der Waals surface area contributed by atoms with Crippen LogP contribution >= 0.6 is 0 Å². The van der Waals surface area contributed by atoms with Crippen molar-refractivity contribution in [2.24, 2.45) is 0 Å². The maximum absolute atomic E-state index is 12.8. The molecule has 2 aliphatic rings. The minimum Gasteiger partial charge on any atom is -0.480 e. The van der Waals surface area contributed by atoms with Crippen LogP contribution in [0.25, 0.3) is 50.4 Å². The van der Waals surface area contributed by atoms with Gasteiger partial charge in [0.05, 0.1) is 22.8 Å². The molecule has 12 nitrogen and oxygen atoms in total. The molecule has 8 bridgehead atoms. The van der Waals surface area contributed by atoms with Crippen molar-refractivity contribution in [3.8, 4) is 0 Å². The molecule has 270 valence electrons. The van der Waals surface area contributed by atoms with E-state index in [0.29, 0.717) is 35.4 Å². The molecule has 0 saturated carbocycles. The number of H-pyrrole nitrogens is 2. The lowest BCUT2D eigenvalue weighted by molar-refractivity contribution is -0.141. The third kappa shape index (κ3) is 7.51. The highest BCUT2D eigenvalue weighted by Gasteiger charge is 2.22. The number of hydrogen-bond acceptors (Lipinski definition) is 6. The SMILES string of the molecule is C=CC1=C(C)c2cc3[nH]c(cc4nc(cc5[nH]c(cc1n2)c(C)c5CCC(=O)N[C@@H](C)C(=O)O)C(CCC(=O)N[C@@H](C)C(=O)O)=C4C)c(C)c3C=C. The summed E-state index contributed by atoms with van der Waals surface area (Å²) in [4.78, 5) is 65.5. The Labute approximate surface area is 301 Å². The average Bonchev–Trinajstić information content (AvgIpc) is 3.75. The molecule has 12 heteroatoms. The first-order valence-corrected chi connectivity index (χ1v) is 17.1. The molecular formula is C40H44N6O6. The van der Waals surface area contributed by atoms with Gasteiger partial charge in [0.2, 0.25) is 11.8 Å². The number of allylic oxidation sites excluding steroid dienone is 5. The van der Waals surface area contributed by atoms with Crippen LogP contribution in [0, 0.1) is 13.8 Å². The zero-order valence-corrected chi connectivity index (χ0v) is 30.3. The van der Waals surface area contributed by atoms with Crippen molar-refractivity contribution in [2.45, 2.75) is 79.3 Å². The lowest BCUT2D eigenvalue weighted by Crippen LogP contribution is -2.38. The number of hydrogen-bond donors (Lipinski definition) is 6. The highest BCUT2D eigenvalue weighted by atomic mass is 16.4. The van der Waals surface area contributed by atoms with Gasteiger partial charge in [-0.1, -0.05) is 25.3 Å². The van der Waals surface area contributed by atoms with E-state index in [1.807, 2.05) is 58.0 Å². The summed E-state index contributed by atoms with van der Waals surface area (Å²) < 4.78 is 0. The first-order chi connectivity index (χ1) is 24.6. The van der Waals surface area contributed by atoms with Crippen LogP contribution in [0.2, 0.25) is 0 Å². The minimum atomic E-state index is -1.12. The van der Waals surface area contributed by atoms with E-state index in [-0.39, 0.29) is 12.8 Å². The van der Waals surface area contributed by atoms with E-state index in [1.54, 1.807) is 6.08 Å². The number of carbonyl (C=O) groups excluding carboxylic acids is 2. The Bertz CT molecular complexity index is 2270. The number of fused-ring (bicyclic) bond motifs is 8. The van der Waals surface area contributed by atoms with E-state index in [2.05, 4.69) is 33.8 Å². The summed E-state index contributed by atoms with van der Waals surface area (Å²) in [6.45, 7) is 18.9. The Morgan fingerprint density at radius 1 is 0.692 bits per heavy atom. The third-order valence-electron chi connectivity index (χ3n) is 9.74. The normalized spacial score (nSPS) is 13.8. The van der Waals surface area contributed by atoms with E-state index >= 15 is 0 Å². The van der Waals surface area contributed by atoms with Crippen molar-refractivity contribution >= 4 is 74.2 Å². The molecular weight excluding hydrogens is 660 g/mol.